The number of rotatable bonds is 5. The van der Waals surface area contributed by atoms with E-state index in [0.717, 1.165) is 0 Å². The first-order valence-corrected chi connectivity index (χ1v) is 9.67. The van der Waals surface area contributed by atoms with Crippen molar-refractivity contribution in [2.24, 2.45) is 5.14 Å². The highest BCUT2D eigenvalue weighted by atomic mass is 32.2. The van der Waals surface area contributed by atoms with Gasteiger partial charge in [-0.2, -0.15) is 0 Å². The lowest BCUT2D eigenvalue weighted by atomic mass is 10.2. The molecule has 0 aliphatic carbocycles. The van der Waals surface area contributed by atoms with Gasteiger partial charge >= 0.3 is 0 Å². The van der Waals surface area contributed by atoms with E-state index in [1.54, 1.807) is 12.1 Å². The maximum Gasteiger partial charge on any atom is 0.263 e. The summed E-state index contributed by atoms with van der Waals surface area (Å²) in [5, 5.41) is 7.56. The van der Waals surface area contributed by atoms with Crippen LogP contribution in [0.2, 0.25) is 0 Å². The van der Waals surface area contributed by atoms with E-state index in [0.29, 0.717) is 11.3 Å². The minimum Gasteiger partial charge on any atom is -0.322 e. The van der Waals surface area contributed by atoms with Crippen molar-refractivity contribution in [3.05, 3.63) is 94.2 Å². The number of anilines is 1. The third-order valence-corrected chi connectivity index (χ3v) is 4.88. The van der Waals surface area contributed by atoms with E-state index < -0.39 is 27.3 Å². The average molecular weight is 401 g/mol. The summed E-state index contributed by atoms with van der Waals surface area (Å²) in [6.07, 6.45) is 1.50. The highest BCUT2D eigenvalue weighted by molar-refractivity contribution is 7.89. The fourth-order valence-corrected chi connectivity index (χ4v) is 3.11. The predicted molar refractivity (Wildman–Crippen MR) is 102 cm³/mol. The van der Waals surface area contributed by atoms with Crippen LogP contribution in [0.25, 0.3) is 0 Å². The summed E-state index contributed by atoms with van der Waals surface area (Å²) >= 11 is 0. The average Bonchev–Trinajstić information content (AvgIpc) is 2.63. The molecule has 0 spiro atoms. The Labute approximate surface area is 160 Å². The van der Waals surface area contributed by atoms with Crippen LogP contribution in [0.3, 0.4) is 0 Å². The molecular formula is C19H16FN3O4S. The van der Waals surface area contributed by atoms with Gasteiger partial charge in [-0.05, 0) is 54.1 Å². The molecule has 3 N–H and O–H groups in total. The SMILES string of the molecule is NS(=O)(=O)c1ccc(NC(=O)c2cccn(Cc3cccc(F)c3)c2=O)cc1. The molecule has 28 heavy (non-hydrogen) atoms. The van der Waals surface area contributed by atoms with Crippen molar-refractivity contribution < 1.29 is 17.6 Å². The topological polar surface area (TPSA) is 111 Å². The van der Waals surface area contributed by atoms with E-state index in [9.17, 15) is 22.4 Å². The summed E-state index contributed by atoms with van der Waals surface area (Å²) in [7, 11) is -3.84. The molecule has 0 fully saturated rings. The second-order valence-electron chi connectivity index (χ2n) is 6.01. The molecule has 0 aliphatic heterocycles. The summed E-state index contributed by atoms with van der Waals surface area (Å²) < 4.78 is 37.2. The maximum absolute atomic E-state index is 13.3. The maximum atomic E-state index is 13.3. The van der Waals surface area contributed by atoms with Gasteiger partial charge in [-0.15, -0.1) is 0 Å². The van der Waals surface area contributed by atoms with Gasteiger partial charge in [0.15, 0.2) is 0 Å². The van der Waals surface area contributed by atoms with E-state index in [4.69, 9.17) is 5.14 Å². The van der Waals surface area contributed by atoms with Gasteiger partial charge in [-0.1, -0.05) is 12.1 Å². The smallest absolute Gasteiger partial charge is 0.263 e. The number of benzene rings is 2. The first kappa shape index (κ1) is 19.5. The number of primary sulfonamides is 1. The van der Waals surface area contributed by atoms with E-state index in [-0.39, 0.29) is 17.0 Å². The first-order chi connectivity index (χ1) is 13.2. The zero-order valence-electron chi connectivity index (χ0n) is 14.5. The Kier molecular flexibility index (Phi) is 5.39. The molecule has 0 saturated carbocycles. The number of sulfonamides is 1. The molecular weight excluding hydrogens is 385 g/mol. The Hall–Kier alpha value is -3.30. The van der Waals surface area contributed by atoms with Crippen LogP contribution in [-0.2, 0) is 16.6 Å². The Balaban J connectivity index is 1.81. The number of carbonyl (C=O) groups is 1. The molecule has 1 heterocycles. The monoisotopic (exact) mass is 401 g/mol. The number of nitrogens with two attached hydrogens (primary N) is 1. The number of hydrogen-bond donors (Lipinski definition) is 2. The van der Waals surface area contributed by atoms with Crippen LogP contribution in [0, 0.1) is 5.82 Å². The number of carbonyl (C=O) groups excluding carboxylic acids is 1. The second kappa shape index (κ2) is 7.75. The van der Waals surface area contributed by atoms with Crippen LogP contribution < -0.4 is 16.0 Å². The van der Waals surface area contributed by atoms with E-state index in [2.05, 4.69) is 5.32 Å². The molecule has 0 radical (unpaired) electrons. The molecule has 3 rings (SSSR count). The molecule has 7 nitrogen and oxygen atoms in total. The largest absolute Gasteiger partial charge is 0.322 e. The third-order valence-electron chi connectivity index (χ3n) is 3.95. The molecule has 144 valence electrons. The lowest BCUT2D eigenvalue weighted by Gasteiger charge is -2.09. The second-order valence-corrected chi connectivity index (χ2v) is 7.57. The standard InChI is InChI=1S/C19H16FN3O4S/c20-14-4-1-3-13(11-14)12-23-10-2-5-17(19(23)25)18(24)22-15-6-8-16(9-7-15)28(21,26)27/h1-11H,12H2,(H,22,24)(H2,21,26,27). The van der Waals surface area contributed by atoms with Crippen LogP contribution in [0.1, 0.15) is 15.9 Å². The summed E-state index contributed by atoms with van der Waals surface area (Å²) in [6, 6.07) is 14.0. The Morgan fingerprint density at radius 1 is 1.07 bits per heavy atom. The fraction of sp³-hybridized carbons (Fsp3) is 0.0526. The van der Waals surface area contributed by atoms with Crippen molar-refractivity contribution in [2.75, 3.05) is 5.32 Å². The van der Waals surface area contributed by atoms with Crippen molar-refractivity contribution in [3.63, 3.8) is 0 Å². The van der Waals surface area contributed by atoms with Gasteiger partial charge in [0, 0.05) is 11.9 Å². The van der Waals surface area contributed by atoms with Crippen LogP contribution in [-0.4, -0.2) is 18.9 Å². The van der Waals surface area contributed by atoms with Gasteiger partial charge in [0.2, 0.25) is 10.0 Å². The highest BCUT2D eigenvalue weighted by Crippen LogP contribution is 2.13. The van der Waals surface area contributed by atoms with E-state index in [1.807, 2.05) is 0 Å². The van der Waals surface area contributed by atoms with Crippen LogP contribution in [0.5, 0.6) is 0 Å². The number of hydrogen-bond acceptors (Lipinski definition) is 4. The molecule has 0 atom stereocenters. The summed E-state index contributed by atoms with van der Waals surface area (Å²) in [6.45, 7) is 0.112. The molecule has 2 aromatic carbocycles. The molecule has 1 aromatic heterocycles. The lowest BCUT2D eigenvalue weighted by molar-refractivity contribution is 0.102. The number of amides is 1. The molecule has 9 heteroatoms. The summed E-state index contributed by atoms with van der Waals surface area (Å²) in [5.41, 5.74) is 0.246. The summed E-state index contributed by atoms with van der Waals surface area (Å²) in [5.74, 6) is -1.07. The van der Waals surface area contributed by atoms with E-state index in [1.165, 1.54) is 59.3 Å². The lowest BCUT2D eigenvalue weighted by Crippen LogP contribution is -2.29. The van der Waals surface area contributed by atoms with Crippen molar-refractivity contribution in [2.45, 2.75) is 11.4 Å². The van der Waals surface area contributed by atoms with Gasteiger partial charge in [0.05, 0.1) is 11.4 Å². The van der Waals surface area contributed by atoms with Crippen LogP contribution in [0.4, 0.5) is 10.1 Å². The quantitative estimate of drug-likeness (QED) is 0.680. The van der Waals surface area contributed by atoms with Crippen molar-refractivity contribution in [1.82, 2.24) is 4.57 Å². The number of pyridine rings is 1. The van der Waals surface area contributed by atoms with Gasteiger partial charge in [0.25, 0.3) is 11.5 Å². The zero-order valence-corrected chi connectivity index (χ0v) is 15.3. The van der Waals surface area contributed by atoms with Crippen LogP contribution in [0.15, 0.2) is 76.6 Å². The molecule has 0 saturated heterocycles. The molecule has 3 aromatic rings. The number of aromatic nitrogens is 1. The first-order valence-electron chi connectivity index (χ1n) is 8.12. The highest BCUT2D eigenvalue weighted by Gasteiger charge is 2.14. The number of halogens is 1. The van der Waals surface area contributed by atoms with Crippen molar-refractivity contribution >= 4 is 21.6 Å². The normalized spacial score (nSPS) is 11.2. The van der Waals surface area contributed by atoms with Gasteiger partial charge < -0.3 is 9.88 Å². The number of nitrogens with zero attached hydrogens (tertiary/aromatic N) is 1. The van der Waals surface area contributed by atoms with Crippen molar-refractivity contribution in [3.8, 4) is 0 Å². The minimum absolute atomic E-state index is 0.0948. The minimum atomic E-state index is -3.84. The molecule has 0 unspecified atom stereocenters. The van der Waals surface area contributed by atoms with Crippen molar-refractivity contribution in [1.29, 1.82) is 0 Å². The Bertz CT molecular complexity index is 1190. The fourth-order valence-electron chi connectivity index (χ4n) is 2.59. The molecule has 0 bridgehead atoms. The van der Waals surface area contributed by atoms with E-state index >= 15 is 0 Å². The molecule has 1 amide bonds. The Morgan fingerprint density at radius 2 is 1.79 bits per heavy atom. The third kappa shape index (κ3) is 4.51. The molecule has 0 aliphatic rings. The van der Waals surface area contributed by atoms with Gasteiger partial charge in [-0.3, -0.25) is 9.59 Å². The Morgan fingerprint density at radius 3 is 2.43 bits per heavy atom. The predicted octanol–water partition coefficient (Wildman–Crippen LogP) is 1.94. The van der Waals surface area contributed by atoms with Gasteiger partial charge in [-0.25, -0.2) is 17.9 Å². The zero-order chi connectivity index (χ0) is 20.3. The van der Waals surface area contributed by atoms with Crippen LogP contribution >= 0.6 is 0 Å². The van der Waals surface area contributed by atoms with Gasteiger partial charge in [0.1, 0.15) is 11.4 Å². The number of nitrogens with one attached hydrogen (secondary N) is 1. The summed E-state index contributed by atoms with van der Waals surface area (Å²) in [4.78, 5) is 24.9.